The van der Waals surface area contributed by atoms with E-state index in [-0.39, 0.29) is 31.4 Å². The lowest BCUT2D eigenvalue weighted by atomic mass is 10.1. The average Bonchev–Trinajstić information content (AvgIpc) is 2.45. The molecule has 0 aliphatic heterocycles. The molecule has 0 fully saturated rings. The second-order valence-electron chi connectivity index (χ2n) is 4.86. The lowest BCUT2D eigenvalue weighted by Gasteiger charge is -2.15. The molecule has 1 aromatic rings. The lowest BCUT2D eigenvalue weighted by Crippen LogP contribution is -2.35. The van der Waals surface area contributed by atoms with Gasteiger partial charge in [-0.05, 0) is 18.1 Å². The highest BCUT2D eigenvalue weighted by Gasteiger charge is 2.11. The molecule has 0 spiro atoms. The Morgan fingerprint density at radius 3 is 2.55 bits per heavy atom. The number of methoxy groups -OCH3 is 1. The van der Waals surface area contributed by atoms with Gasteiger partial charge >= 0.3 is 0 Å². The van der Waals surface area contributed by atoms with E-state index in [2.05, 4.69) is 5.32 Å². The van der Waals surface area contributed by atoms with Crippen molar-refractivity contribution in [2.45, 2.75) is 26.4 Å². The Hall–Kier alpha value is -1.75. The predicted octanol–water partition coefficient (Wildman–Crippen LogP) is 1.60. The minimum absolute atomic E-state index is 0.125. The maximum atomic E-state index is 11.6. The highest BCUT2D eigenvalue weighted by Crippen LogP contribution is 2.25. The molecular weight excluding hydrogens is 258 g/mol. The number of aliphatic hydroxyl groups is 1. The van der Waals surface area contributed by atoms with Crippen LogP contribution in [0.3, 0.4) is 0 Å². The molecule has 0 aromatic heterocycles. The molecule has 2 N–H and O–H groups in total. The molecule has 0 aliphatic rings. The van der Waals surface area contributed by atoms with Crippen molar-refractivity contribution in [2.75, 3.05) is 20.3 Å². The lowest BCUT2D eigenvalue weighted by molar-refractivity contribution is -0.122. The molecule has 1 amide bonds. The fraction of sp³-hybridized carbons (Fsp3) is 0.533. The van der Waals surface area contributed by atoms with Crippen LogP contribution in [0, 0.1) is 5.92 Å². The van der Waals surface area contributed by atoms with Crippen LogP contribution in [0.25, 0.3) is 0 Å². The topological polar surface area (TPSA) is 67.8 Å². The minimum Gasteiger partial charge on any atom is -0.493 e. The molecular formula is C15H23NO4. The third kappa shape index (κ3) is 5.48. The molecule has 1 rings (SSSR count). The summed E-state index contributed by atoms with van der Waals surface area (Å²) in [4.78, 5) is 11.6. The standard InChI is InChI=1S/C15H23NO4/c1-11(2)12(17)10-16-15(18)8-9-20-14-7-5-4-6-13(14)19-3/h4-7,11-12,17H,8-10H2,1-3H3,(H,16,18)/t12-/m0/s1. The van der Waals surface area contributed by atoms with Crippen LogP contribution in [0.15, 0.2) is 24.3 Å². The van der Waals surface area contributed by atoms with E-state index in [1.807, 2.05) is 26.0 Å². The van der Waals surface area contributed by atoms with Crippen molar-refractivity contribution < 1.29 is 19.4 Å². The predicted molar refractivity (Wildman–Crippen MR) is 77.0 cm³/mol. The van der Waals surface area contributed by atoms with E-state index in [9.17, 15) is 9.90 Å². The van der Waals surface area contributed by atoms with Gasteiger partial charge in [0.1, 0.15) is 0 Å². The van der Waals surface area contributed by atoms with Gasteiger partial charge in [0.2, 0.25) is 5.91 Å². The van der Waals surface area contributed by atoms with E-state index in [1.165, 1.54) is 0 Å². The molecule has 5 heteroatoms. The van der Waals surface area contributed by atoms with Gasteiger partial charge < -0.3 is 19.9 Å². The molecule has 5 nitrogen and oxygen atoms in total. The third-order valence-corrected chi connectivity index (χ3v) is 2.93. The molecule has 112 valence electrons. The Kier molecular flexibility index (Phi) is 6.87. The largest absolute Gasteiger partial charge is 0.493 e. The van der Waals surface area contributed by atoms with Crippen molar-refractivity contribution >= 4 is 5.91 Å². The fourth-order valence-electron chi connectivity index (χ4n) is 1.53. The Morgan fingerprint density at radius 1 is 1.30 bits per heavy atom. The number of ether oxygens (including phenoxy) is 2. The normalized spacial score (nSPS) is 12.1. The summed E-state index contributed by atoms with van der Waals surface area (Å²) in [5.74, 6) is 1.24. The van der Waals surface area contributed by atoms with Gasteiger partial charge in [-0.1, -0.05) is 26.0 Å². The number of aliphatic hydroxyl groups excluding tert-OH is 1. The van der Waals surface area contributed by atoms with Gasteiger partial charge in [-0.3, -0.25) is 4.79 Å². The smallest absolute Gasteiger partial charge is 0.223 e. The van der Waals surface area contributed by atoms with Gasteiger partial charge in [0.25, 0.3) is 0 Å². The zero-order valence-electron chi connectivity index (χ0n) is 12.3. The van der Waals surface area contributed by atoms with Crippen LogP contribution in [0.2, 0.25) is 0 Å². The van der Waals surface area contributed by atoms with Crippen molar-refractivity contribution in [1.29, 1.82) is 0 Å². The number of benzene rings is 1. The SMILES string of the molecule is COc1ccccc1OCCC(=O)NC[C@H](O)C(C)C. The maximum Gasteiger partial charge on any atom is 0.223 e. The summed E-state index contributed by atoms with van der Waals surface area (Å²) in [6.45, 7) is 4.35. The van der Waals surface area contributed by atoms with Gasteiger partial charge in [0, 0.05) is 6.54 Å². The summed E-state index contributed by atoms with van der Waals surface area (Å²) in [6.07, 6.45) is -0.280. The van der Waals surface area contributed by atoms with Crippen LogP contribution in [-0.2, 0) is 4.79 Å². The first-order valence-electron chi connectivity index (χ1n) is 6.75. The van der Waals surface area contributed by atoms with Crippen LogP contribution >= 0.6 is 0 Å². The van der Waals surface area contributed by atoms with Crippen LogP contribution in [0.5, 0.6) is 11.5 Å². The molecule has 1 aromatic carbocycles. The molecule has 20 heavy (non-hydrogen) atoms. The first-order valence-corrected chi connectivity index (χ1v) is 6.75. The zero-order valence-corrected chi connectivity index (χ0v) is 12.3. The number of hydrogen-bond donors (Lipinski definition) is 2. The van der Waals surface area contributed by atoms with Crippen molar-refractivity contribution in [2.24, 2.45) is 5.92 Å². The maximum absolute atomic E-state index is 11.6. The van der Waals surface area contributed by atoms with Crippen molar-refractivity contribution in [3.63, 3.8) is 0 Å². The monoisotopic (exact) mass is 281 g/mol. The summed E-state index contributed by atoms with van der Waals surface area (Å²) in [5, 5.41) is 12.3. The molecule has 0 aliphatic carbocycles. The number of carbonyl (C=O) groups is 1. The van der Waals surface area contributed by atoms with Gasteiger partial charge in [-0.2, -0.15) is 0 Å². The number of para-hydroxylation sites is 2. The number of hydrogen-bond acceptors (Lipinski definition) is 4. The van der Waals surface area contributed by atoms with E-state index in [0.29, 0.717) is 11.5 Å². The van der Waals surface area contributed by atoms with Gasteiger partial charge in [0.15, 0.2) is 11.5 Å². The van der Waals surface area contributed by atoms with Crippen LogP contribution < -0.4 is 14.8 Å². The second-order valence-corrected chi connectivity index (χ2v) is 4.86. The molecule has 1 atom stereocenters. The van der Waals surface area contributed by atoms with E-state index in [1.54, 1.807) is 19.2 Å². The molecule has 0 unspecified atom stereocenters. The Morgan fingerprint density at radius 2 is 1.95 bits per heavy atom. The van der Waals surface area contributed by atoms with E-state index >= 15 is 0 Å². The fourth-order valence-corrected chi connectivity index (χ4v) is 1.53. The molecule has 0 heterocycles. The summed E-state index contributed by atoms with van der Waals surface area (Å²) in [5.41, 5.74) is 0. The Labute approximate surface area is 119 Å². The molecule has 0 bridgehead atoms. The molecule has 0 radical (unpaired) electrons. The average molecular weight is 281 g/mol. The third-order valence-electron chi connectivity index (χ3n) is 2.93. The molecule has 0 saturated heterocycles. The summed E-state index contributed by atoms with van der Waals surface area (Å²) in [6, 6.07) is 7.29. The Balaban J connectivity index is 2.28. The number of carbonyl (C=O) groups excluding carboxylic acids is 1. The highest BCUT2D eigenvalue weighted by atomic mass is 16.5. The summed E-state index contributed by atoms with van der Waals surface area (Å²) in [7, 11) is 1.57. The van der Waals surface area contributed by atoms with Crippen molar-refractivity contribution in [1.82, 2.24) is 5.32 Å². The Bertz CT molecular complexity index is 420. The van der Waals surface area contributed by atoms with Crippen molar-refractivity contribution in [3.8, 4) is 11.5 Å². The first-order chi connectivity index (χ1) is 9.54. The van der Waals surface area contributed by atoms with Crippen LogP contribution in [0.1, 0.15) is 20.3 Å². The minimum atomic E-state index is -0.519. The van der Waals surface area contributed by atoms with E-state index in [4.69, 9.17) is 9.47 Å². The number of rotatable bonds is 8. The van der Waals surface area contributed by atoms with Gasteiger partial charge in [0.05, 0.1) is 26.2 Å². The summed E-state index contributed by atoms with van der Waals surface area (Å²) < 4.78 is 10.7. The quantitative estimate of drug-likeness (QED) is 0.759. The van der Waals surface area contributed by atoms with Crippen molar-refractivity contribution in [3.05, 3.63) is 24.3 Å². The van der Waals surface area contributed by atoms with Gasteiger partial charge in [-0.25, -0.2) is 0 Å². The zero-order chi connectivity index (χ0) is 15.0. The van der Waals surface area contributed by atoms with Crippen LogP contribution in [-0.4, -0.2) is 37.4 Å². The summed E-state index contributed by atoms with van der Waals surface area (Å²) >= 11 is 0. The van der Waals surface area contributed by atoms with Gasteiger partial charge in [-0.15, -0.1) is 0 Å². The molecule has 0 saturated carbocycles. The van der Waals surface area contributed by atoms with E-state index in [0.717, 1.165) is 0 Å². The number of amides is 1. The first kappa shape index (κ1) is 16.3. The second kappa shape index (κ2) is 8.43. The van der Waals surface area contributed by atoms with Crippen LogP contribution in [0.4, 0.5) is 0 Å². The number of nitrogens with one attached hydrogen (secondary N) is 1. The van der Waals surface area contributed by atoms with E-state index < -0.39 is 6.10 Å². The highest BCUT2D eigenvalue weighted by molar-refractivity contribution is 5.76.